The smallest absolute Gasteiger partial charge is 0.480 e. The average molecular weight is 390 g/mol. The fourth-order valence-electron chi connectivity index (χ4n) is 4.03. The number of hydrogen-bond acceptors (Lipinski definition) is 4. The number of nitrogens with zero attached hydrogens (tertiary/aromatic N) is 2. The van der Waals surface area contributed by atoms with Crippen molar-refractivity contribution in [2.45, 2.75) is 32.0 Å². The number of alkyl halides is 3. The topological polar surface area (TPSA) is 53.0 Å². The maximum Gasteiger partial charge on any atom is 0.573 e. The minimum atomic E-state index is -4.81. The lowest BCUT2D eigenvalue weighted by Gasteiger charge is -2.47. The number of carboxylic acids is 1. The first kappa shape index (κ1) is 19.7. The molecule has 150 valence electrons. The van der Waals surface area contributed by atoms with Crippen LogP contribution in [0.15, 0.2) is 18.2 Å². The first-order chi connectivity index (χ1) is 12.7. The van der Waals surface area contributed by atoms with Crippen molar-refractivity contribution in [3.63, 3.8) is 0 Å². The Balaban J connectivity index is 1.61. The van der Waals surface area contributed by atoms with Gasteiger partial charge in [-0.25, -0.2) is 4.39 Å². The third kappa shape index (κ3) is 5.03. The minimum Gasteiger partial charge on any atom is -0.480 e. The molecule has 0 atom stereocenters. The number of benzene rings is 1. The highest BCUT2D eigenvalue weighted by Gasteiger charge is 2.38. The van der Waals surface area contributed by atoms with Crippen molar-refractivity contribution >= 4 is 11.7 Å². The molecule has 5 nitrogen and oxygen atoms in total. The molecule has 0 radical (unpaired) electrons. The van der Waals surface area contributed by atoms with Crippen LogP contribution in [0.1, 0.15) is 25.7 Å². The van der Waals surface area contributed by atoms with Crippen LogP contribution in [0, 0.1) is 11.2 Å². The molecular formula is C18H22F4N2O3. The molecule has 0 bridgehead atoms. The van der Waals surface area contributed by atoms with Gasteiger partial charge in [-0.2, -0.15) is 0 Å². The summed E-state index contributed by atoms with van der Waals surface area (Å²) in [5.74, 6) is -1.84. The highest BCUT2D eigenvalue weighted by atomic mass is 19.4. The molecule has 0 aromatic heterocycles. The molecule has 2 fully saturated rings. The Morgan fingerprint density at radius 1 is 1.11 bits per heavy atom. The van der Waals surface area contributed by atoms with Crippen LogP contribution in [-0.2, 0) is 4.79 Å². The van der Waals surface area contributed by atoms with Gasteiger partial charge >= 0.3 is 12.3 Å². The number of aliphatic carboxylic acids is 1. The second-order valence-corrected chi connectivity index (χ2v) is 7.32. The van der Waals surface area contributed by atoms with E-state index < -0.39 is 23.9 Å². The van der Waals surface area contributed by atoms with Gasteiger partial charge in [0, 0.05) is 19.2 Å². The van der Waals surface area contributed by atoms with Crippen LogP contribution in [0.2, 0.25) is 0 Å². The van der Waals surface area contributed by atoms with Crippen LogP contribution in [0.3, 0.4) is 0 Å². The number of carboxylic acid groups (broad SMARTS) is 1. The Kier molecular flexibility index (Phi) is 5.50. The fourth-order valence-corrected chi connectivity index (χ4v) is 4.03. The van der Waals surface area contributed by atoms with E-state index in [0.717, 1.165) is 57.0 Å². The summed E-state index contributed by atoms with van der Waals surface area (Å²) in [6, 6.07) is 3.05. The van der Waals surface area contributed by atoms with Crippen molar-refractivity contribution in [3.05, 3.63) is 24.0 Å². The van der Waals surface area contributed by atoms with Crippen LogP contribution in [-0.4, -0.2) is 55.1 Å². The highest BCUT2D eigenvalue weighted by molar-refractivity contribution is 5.69. The van der Waals surface area contributed by atoms with Gasteiger partial charge in [-0.05, 0) is 56.3 Å². The zero-order chi connectivity index (χ0) is 19.7. The van der Waals surface area contributed by atoms with Crippen LogP contribution in [0.4, 0.5) is 23.2 Å². The number of rotatable bonds is 4. The van der Waals surface area contributed by atoms with Gasteiger partial charge in [-0.1, -0.05) is 0 Å². The molecule has 27 heavy (non-hydrogen) atoms. The zero-order valence-corrected chi connectivity index (χ0v) is 14.8. The van der Waals surface area contributed by atoms with E-state index in [0.29, 0.717) is 13.1 Å². The van der Waals surface area contributed by atoms with E-state index in [2.05, 4.69) is 4.74 Å². The van der Waals surface area contributed by atoms with Crippen LogP contribution in [0.25, 0.3) is 0 Å². The largest absolute Gasteiger partial charge is 0.573 e. The van der Waals surface area contributed by atoms with Gasteiger partial charge in [0.1, 0.15) is 11.6 Å². The summed E-state index contributed by atoms with van der Waals surface area (Å²) in [4.78, 5) is 14.5. The van der Waals surface area contributed by atoms with Gasteiger partial charge < -0.3 is 14.7 Å². The standard InChI is InChI=1S/C18H22F4N2O3/c19-14-2-1-13(27-18(20,21)22)11-15(14)24-9-5-17(6-10-24)3-7-23(8-4-17)12-16(25)26/h1-2,11H,3-10,12H2,(H,25,26). The molecule has 1 N–H and O–H groups in total. The van der Waals surface area contributed by atoms with Gasteiger partial charge in [-0.15, -0.1) is 13.2 Å². The molecule has 3 rings (SSSR count). The predicted octanol–water partition coefficient (Wildman–Crippen LogP) is 3.49. The van der Waals surface area contributed by atoms with Gasteiger partial charge in [-0.3, -0.25) is 9.69 Å². The summed E-state index contributed by atoms with van der Waals surface area (Å²) >= 11 is 0. The maximum absolute atomic E-state index is 14.2. The molecule has 2 aliphatic rings. The Morgan fingerprint density at radius 3 is 2.26 bits per heavy atom. The van der Waals surface area contributed by atoms with Crippen molar-refractivity contribution in [2.75, 3.05) is 37.6 Å². The number of ether oxygens (including phenoxy) is 1. The van der Waals surface area contributed by atoms with Gasteiger partial charge in [0.15, 0.2) is 0 Å². The van der Waals surface area contributed by atoms with Crippen LogP contribution >= 0.6 is 0 Å². The monoisotopic (exact) mass is 390 g/mol. The van der Waals surface area contributed by atoms with Crippen molar-refractivity contribution in [3.8, 4) is 5.75 Å². The van der Waals surface area contributed by atoms with E-state index in [4.69, 9.17) is 5.11 Å². The Hall–Kier alpha value is -2.03. The SMILES string of the molecule is O=C(O)CN1CCC2(CC1)CCN(c1cc(OC(F)(F)F)ccc1F)CC2. The minimum absolute atomic E-state index is 0.0411. The normalized spacial score (nSPS) is 20.7. The lowest BCUT2D eigenvalue weighted by molar-refractivity contribution is -0.274. The van der Waals surface area contributed by atoms with Crippen LogP contribution in [0.5, 0.6) is 5.75 Å². The quantitative estimate of drug-likeness (QED) is 0.798. The number of piperidine rings is 2. The first-order valence-corrected chi connectivity index (χ1v) is 8.90. The van der Waals surface area contributed by atoms with E-state index in [9.17, 15) is 22.4 Å². The lowest BCUT2D eigenvalue weighted by Crippen LogP contribution is -2.48. The third-order valence-corrected chi connectivity index (χ3v) is 5.59. The van der Waals surface area contributed by atoms with Crippen molar-refractivity contribution < 1.29 is 32.2 Å². The van der Waals surface area contributed by atoms with Gasteiger partial charge in [0.25, 0.3) is 0 Å². The molecule has 2 saturated heterocycles. The summed E-state index contributed by atoms with van der Waals surface area (Å²) in [6.45, 7) is 2.57. The molecule has 1 spiro atoms. The van der Waals surface area contributed by atoms with E-state index >= 15 is 0 Å². The van der Waals surface area contributed by atoms with Gasteiger partial charge in [0.05, 0.1) is 12.2 Å². The summed E-state index contributed by atoms with van der Waals surface area (Å²) in [5.41, 5.74) is 0.220. The number of hydrogen-bond donors (Lipinski definition) is 1. The molecule has 0 amide bonds. The Labute approximate surface area is 154 Å². The summed E-state index contributed by atoms with van der Waals surface area (Å²) in [7, 11) is 0. The molecule has 0 unspecified atom stereocenters. The highest BCUT2D eigenvalue weighted by Crippen LogP contribution is 2.42. The van der Waals surface area contributed by atoms with E-state index in [1.54, 1.807) is 4.90 Å². The molecule has 0 aliphatic carbocycles. The molecular weight excluding hydrogens is 368 g/mol. The van der Waals surface area contributed by atoms with Gasteiger partial charge in [0.2, 0.25) is 0 Å². The Morgan fingerprint density at radius 2 is 1.70 bits per heavy atom. The number of likely N-dealkylation sites (tertiary alicyclic amines) is 1. The molecule has 2 heterocycles. The zero-order valence-electron chi connectivity index (χ0n) is 14.8. The lowest BCUT2D eigenvalue weighted by atomic mass is 9.71. The van der Waals surface area contributed by atoms with E-state index in [1.807, 2.05) is 4.90 Å². The number of halogens is 4. The van der Waals surface area contributed by atoms with Crippen molar-refractivity contribution in [2.24, 2.45) is 5.41 Å². The van der Waals surface area contributed by atoms with E-state index in [-0.39, 0.29) is 17.6 Å². The summed E-state index contributed by atoms with van der Waals surface area (Å²) in [5, 5.41) is 8.88. The third-order valence-electron chi connectivity index (χ3n) is 5.59. The summed E-state index contributed by atoms with van der Waals surface area (Å²) in [6.07, 6.45) is -1.44. The van der Waals surface area contributed by atoms with Crippen molar-refractivity contribution in [1.29, 1.82) is 0 Å². The van der Waals surface area contributed by atoms with Crippen molar-refractivity contribution in [1.82, 2.24) is 4.90 Å². The molecule has 0 saturated carbocycles. The Bertz CT molecular complexity index is 678. The predicted molar refractivity (Wildman–Crippen MR) is 90.3 cm³/mol. The second-order valence-electron chi connectivity index (χ2n) is 7.32. The average Bonchev–Trinajstić information content (AvgIpc) is 2.58. The van der Waals surface area contributed by atoms with E-state index in [1.165, 1.54) is 0 Å². The molecule has 2 aliphatic heterocycles. The molecule has 1 aromatic rings. The number of carbonyl (C=O) groups is 1. The molecule has 1 aromatic carbocycles. The molecule has 9 heteroatoms. The van der Waals surface area contributed by atoms with Crippen LogP contribution < -0.4 is 9.64 Å². The maximum atomic E-state index is 14.2. The fraction of sp³-hybridized carbons (Fsp3) is 0.611. The number of anilines is 1. The second kappa shape index (κ2) is 7.53. The first-order valence-electron chi connectivity index (χ1n) is 8.90. The summed E-state index contributed by atoms with van der Waals surface area (Å²) < 4.78 is 55.2.